The van der Waals surface area contributed by atoms with Crippen molar-refractivity contribution in [3.05, 3.63) is 47.0 Å². The highest BCUT2D eigenvalue weighted by Crippen LogP contribution is 2.28. The number of halogens is 1. The molecule has 0 amide bonds. The van der Waals surface area contributed by atoms with Crippen LogP contribution in [0.2, 0.25) is 5.02 Å². The number of nitrogen functional groups attached to an aromatic ring is 1. The SMILES string of the molecule is COc1cc(N)cc(NCc2c(Cl)cccc2OC)c1. The minimum Gasteiger partial charge on any atom is -0.497 e. The maximum absolute atomic E-state index is 6.19. The normalized spacial score (nSPS) is 10.2. The zero-order chi connectivity index (χ0) is 14.5. The Balaban J connectivity index is 2.19. The third kappa shape index (κ3) is 3.27. The summed E-state index contributed by atoms with van der Waals surface area (Å²) in [7, 11) is 3.23. The first-order chi connectivity index (χ1) is 9.63. The predicted molar refractivity (Wildman–Crippen MR) is 82.7 cm³/mol. The number of nitrogens with one attached hydrogen (secondary N) is 1. The molecule has 0 aliphatic rings. The smallest absolute Gasteiger partial charge is 0.125 e. The standard InChI is InChI=1S/C15H17ClN2O2/c1-19-12-7-10(17)6-11(8-12)18-9-13-14(16)4-3-5-15(13)20-2/h3-8,18H,9,17H2,1-2H3. The third-order valence-electron chi connectivity index (χ3n) is 2.93. The Morgan fingerprint density at radius 1 is 1.15 bits per heavy atom. The summed E-state index contributed by atoms with van der Waals surface area (Å²) in [5.74, 6) is 1.46. The molecule has 0 aromatic heterocycles. The fourth-order valence-electron chi connectivity index (χ4n) is 1.93. The molecule has 0 bridgehead atoms. The number of rotatable bonds is 5. The van der Waals surface area contributed by atoms with Gasteiger partial charge in [-0.25, -0.2) is 0 Å². The molecular formula is C15H17ClN2O2. The molecule has 2 aromatic carbocycles. The Morgan fingerprint density at radius 2 is 1.95 bits per heavy atom. The van der Waals surface area contributed by atoms with Crippen LogP contribution in [0.4, 0.5) is 11.4 Å². The van der Waals surface area contributed by atoms with Crippen LogP contribution in [0.3, 0.4) is 0 Å². The topological polar surface area (TPSA) is 56.5 Å². The van der Waals surface area contributed by atoms with Gasteiger partial charge in [-0.2, -0.15) is 0 Å². The fourth-order valence-corrected chi connectivity index (χ4v) is 2.17. The summed E-state index contributed by atoms with van der Waals surface area (Å²) in [4.78, 5) is 0. The van der Waals surface area contributed by atoms with E-state index in [0.717, 1.165) is 17.0 Å². The molecule has 0 unspecified atom stereocenters. The van der Waals surface area contributed by atoms with Crippen LogP contribution >= 0.6 is 11.6 Å². The third-order valence-corrected chi connectivity index (χ3v) is 3.28. The summed E-state index contributed by atoms with van der Waals surface area (Å²) in [5, 5.41) is 3.93. The molecule has 0 saturated heterocycles. The van der Waals surface area contributed by atoms with Crippen molar-refractivity contribution < 1.29 is 9.47 Å². The summed E-state index contributed by atoms with van der Waals surface area (Å²) in [6.07, 6.45) is 0. The second-order valence-corrected chi connectivity index (χ2v) is 4.68. The number of hydrogen-bond acceptors (Lipinski definition) is 4. The largest absolute Gasteiger partial charge is 0.497 e. The van der Waals surface area contributed by atoms with Gasteiger partial charge in [0.1, 0.15) is 11.5 Å². The lowest BCUT2D eigenvalue weighted by molar-refractivity contribution is 0.410. The van der Waals surface area contributed by atoms with Gasteiger partial charge in [-0.1, -0.05) is 17.7 Å². The molecule has 0 spiro atoms. The van der Waals surface area contributed by atoms with Gasteiger partial charge in [-0.05, 0) is 18.2 Å². The Labute approximate surface area is 123 Å². The fraction of sp³-hybridized carbons (Fsp3) is 0.200. The Hall–Kier alpha value is -2.07. The summed E-state index contributed by atoms with van der Waals surface area (Å²) >= 11 is 6.19. The Kier molecular flexibility index (Phi) is 4.58. The lowest BCUT2D eigenvalue weighted by Gasteiger charge is -2.13. The van der Waals surface area contributed by atoms with E-state index in [1.807, 2.05) is 30.3 Å². The zero-order valence-corrected chi connectivity index (χ0v) is 12.2. The molecule has 106 valence electrons. The van der Waals surface area contributed by atoms with E-state index in [1.54, 1.807) is 20.3 Å². The highest BCUT2D eigenvalue weighted by Gasteiger charge is 2.07. The summed E-state index contributed by atoms with van der Waals surface area (Å²) in [5.41, 5.74) is 8.22. The van der Waals surface area contributed by atoms with Gasteiger partial charge in [0.2, 0.25) is 0 Å². The van der Waals surface area contributed by atoms with Crippen LogP contribution in [0.5, 0.6) is 11.5 Å². The van der Waals surface area contributed by atoms with Crippen molar-refractivity contribution in [2.24, 2.45) is 0 Å². The first-order valence-electron chi connectivity index (χ1n) is 6.14. The minimum atomic E-state index is 0.537. The van der Waals surface area contributed by atoms with E-state index in [0.29, 0.717) is 23.0 Å². The highest BCUT2D eigenvalue weighted by molar-refractivity contribution is 6.31. The van der Waals surface area contributed by atoms with Crippen molar-refractivity contribution >= 4 is 23.0 Å². The second kappa shape index (κ2) is 6.39. The number of benzene rings is 2. The van der Waals surface area contributed by atoms with Gasteiger partial charge in [-0.3, -0.25) is 0 Å². The van der Waals surface area contributed by atoms with E-state index in [1.165, 1.54) is 0 Å². The van der Waals surface area contributed by atoms with Crippen molar-refractivity contribution in [1.29, 1.82) is 0 Å². The molecule has 2 aromatic rings. The van der Waals surface area contributed by atoms with Crippen LogP contribution in [-0.4, -0.2) is 14.2 Å². The van der Waals surface area contributed by atoms with E-state index in [2.05, 4.69) is 5.32 Å². The van der Waals surface area contributed by atoms with E-state index < -0.39 is 0 Å². The van der Waals surface area contributed by atoms with Crippen LogP contribution in [0, 0.1) is 0 Å². The molecule has 0 radical (unpaired) electrons. The van der Waals surface area contributed by atoms with Crippen molar-refractivity contribution in [3.63, 3.8) is 0 Å². The molecule has 0 fully saturated rings. The van der Waals surface area contributed by atoms with Crippen molar-refractivity contribution in [1.82, 2.24) is 0 Å². The van der Waals surface area contributed by atoms with Gasteiger partial charge in [-0.15, -0.1) is 0 Å². The van der Waals surface area contributed by atoms with Crippen molar-refractivity contribution in [2.75, 3.05) is 25.3 Å². The molecule has 0 heterocycles. The molecule has 3 N–H and O–H groups in total. The van der Waals surface area contributed by atoms with Crippen LogP contribution in [0.25, 0.3) is 0 Å². The van der Waals surface area contributed by atoms with Crippen LogP contribution in [-0.2, 0) is 6.54 Å². The van der Waals surface area contributed by atoms with Gasteiger partial charge in [0, 0.05) is 40.6 Å². The number of methoxy groups -OCH3 is 2. The molecule has 5 heteroatoms. The van der Waals surface area contributed by atoms with Crippen LogP contribution < -0.4 is 20.5 Å². The summed E-state index contributed by atoms with van der Waals surface area (Å²) in [6.45, 7) is 0.537. The second-order valence-electron chi connectivity index (χ2n) is 4.27. The molecule has 4 nitrogen and oxygen atoms in total. The molecule has 20 heavy (non-hydrogen) atoms. The molecule has 2 rings (SSSR count). The van der Waals surface area contributed by atoms with E-state index in [4.69, 9.17) is 26.8 Å². The van der Waals surface area contributed by atoms with Crippen molar-refractivity contribution in [2.45, 2.75) is 6.54 Å². The molecular weight excluding hydrogens is 276 g/mol. The van der Waals surface area contributed by atoms with Gasteiger partial charge in [0.05, 0.1) is 14.2 Å². The number of hydrogen-bond donors (Lipinski definition) is 2. The first-order valence-corrected chi connectivity index (χ1v) is 6.51. The predicted octanol–water partition coefficient (Wildman–Crippen LogP) is 3.55. The Bertz CT molecular complexity index is 602. The maximum Gasteiger partial charge on any atom is 0.125 e. The Morgan fingerprint density at radius 3 is 2.65 bits per heavy atom. The number of anilines is 2. The monoisotopic (exact) mass is 292 g/mol. The van der Waals surface area contributed by atoms with Gasteiger partial charge in [0.15, 0.2) is 0 Å². The van der Waals surface area contributed by atoms with E-state index in [-0.39, 0.29) is 0 Å². The summed E-state index contributed by atoms with van der Waals surface area (Å²) < 4.78 is 10.5. The highest BCUT2D eigenvalue weighted by atomic mass is 35.5. The number of ether oxygens (including phenoxy) is 2. The lowest BCUT2D eigenvalue weighted by Crippen LogP contribution is -2.03. The average Bonchev–Trinajstić information content (AvgIpc) is 2.45. The summed E-state index contributed by atoms with van der Waals surface area (Å²) in [6, 6.07) is 11.0. The lowest BCUT2D eigenvalue weighted by atomic mass is 10.2. The van der Waals surface area contributed by atoms with E-state index in [9.17, 15) is 0 Å². The number of nitrogens with two attached hydrogens (primary N) is 1. The zero-order valence-electron chi connectivity index (χ0n) is 11.4. The van der Waals surface area contributed by atoms with Gasteiger partial charge in [0.25, 0.3) is 0 Å². The molecule has 0 aliphatic heterocycles. The van der Waals surface area contributed by atoms with E-state index >= 15 is 0 Å². The van der Waals surface area contributed by atoms with Gasteiger partial charge < -0.3 is 20.5 Å². The minimum absolute atomic E-state index is 0.537. The maximum atomic E-state index is 6.19. The first kappa shape index (κ1) is 14.3. The van der Waals surface area contributed by atoms with Crippen LogP contribution in [0.15, 0.2) is 36.4 Å². The molecule has 0 saturated carbocycles. The van der Waals surface area contributed by atoms with Crippen LogP contribution in [0.1, 0.15) is 5.56 Å². The molecule has 0 aliphatic carbocycles. The molecule has 0 atom stereocenters. The average molecular weight is 293 g/mol. The van der Waals surface area contributed by atoms with Gasteiger partial charge >= 0.3 is 0 Å². The quantitative estimate of drug-likeness (QED) is 0.828. The van der Waals surface area contributed by atoms with Crippen molar-refractivity contribution in [3.8, 4) is 11.5 Å².